The number of rotatable bonds is 1. The SMILES string of the molecule is CC1(C)C[C@@H](C=O)[C@H]2CC(=O)O[C@H]21. The Bertz CT molecular complexity index is 257. The molecule has 0 bridgehead atoms. The largest absolute Gasteiger partial charge is 0.461 e. The molecule has 1 saturated carbocycles. The molecule has 0 unspecified atom stereocenters. The summed E-state index contributed by atoms with van der Waals surface area (Å²) in [5.41, 5.74) is -0.0254. The standard InChI is InChI=1S/C10H14O3/c1-10(2)4-6(5-11)7-3-8(12)13-9(7)10/h5-7,9H,3-4H2,1-2H3/t6-,7+,9+/m0/s1. The fourth-order valence-corrected chi connectivity index (χ4v) is 2.72. The molecule has 0 radical (unpaired) electrons. The topological polar surface area (TPSA) is 43.4 Å². The van der Waals surface area contributed by atoms with Crippen molar-refractivity contribution in [3.8, 4) is 0 Å². The highest BCUT2D eigenvalue weighted by Gasteiger charge is 2.54. The first-order valence-electron chi connectivity index (χ1n) is 4.69. The summed E-state index contributed by atoms with van der Waals surface area (Å²) in [6, 6.07) is 0. The van der Waals surface area contributed by atoms with Gasteiger partial charge in [0.15, 0.2) is 0 Å². The van der Waals surface area contributed by atoms with E-state index in [1.165, 1.54) is 0 Å². The molecule has 3 atom stereocenters. The molecule has 0 aromatic heterocycles. The van der Waals surface area contributed by atoms with Crippen molar-refractivity contribution >= 4 is 12.3 Å². The molecule has 0 aromatic carbocycles. The van der Waals surface area contributed by atoms with E-state index in [0.717, 1.165) is 12.7 Å². The fraction of sp³-hybridized carbons (Fsp3) is 0.800. The Morgan fingerprint density at radius 3 is 2.85 bits per heavy atom. The van der Waals surface area contributed by atoms with Gasteiger partial charge < -0.3 is 9.53 Å². The van der Waals surface area contributed by atoms with Crippen molar-refractivity contribution in [3.05, 3.63) is 0 Å². The lowest BCUT2D eigenvalue weighted by molar-refractivity contribution is -0.145. The number of aldehydes is 1. The molecular formula is C10H14O3. The molecular weight excluding hydrogens is 168 g/mol. The minimum atomic E-state index is -0.144. The molecule has 72 valence electrons. The first-order valence-corrected chi connectivity index (χ1v) is 4.69. The van der Waals surface area contributed by atoms with E-state index < -0.39 is 0 Å². The van der Waals surface area contributed by atoms with Crippen LogP contribution < -0.4 is 0 Å². The zero-order chi connectivity index (χ0) is 9.64. The second kappa shape index (κ2) is 2.56. The van der Waals surface area contributed by atoms with Gasteiger partial charge in [0.2, 0.25) is 0 Å². The fourth-order valence-electron chi connectivity index (χ4n) is 2.72. The summed E-state index contributed by atoms with van der Waals surface area (Å²) in [5, 5.41) is 0. The number of hydrogen-bond acceptors (Lipinski definition) is 3. The van der Waals surface area contributed by atoms with E-state index in [4.69, 9.17) is 4.74 Å². The van der Waals surface area contributed by atoms with Crippen LogP contribution in [0.5, 0.6) is 0 Å². The summed E-state index contributed by atoms with van der Waals surface area (Å²) in [6.07, 6.45) is 2.22. The molecule has 2 aliphatic rings. The number of esters is 1. The highest BCUT2D eigenvalue weighted by Crippen LogP contribution is 2.50. The van der Waals surface area contributed by atoms with Gasteiger partial charge in [-0.1, -0.05) is 13.8 Å². The second-order valence-corrected chi connectivity index (χ2v) is 4.77. The van der Waals surface area contributed by atoms with Gasteiger partial charge in [-0.15, -0.1) is 0 Å². The number of fused-ring (bicyclic) bond motifs is 1. The zero-order valence-corrected chi connectivity index (χ0v) is 7.95. The highest BCUT2D eigenvalue weighted by molar-refractivity contribution is 5.74. The lowest BCUT2D eigenvalue weighted by Crippen LogP contribution is -2.26. The van der Waals surface area contributed by atoms with Gasteiger partial charge in [-0.25, -0.2) is 0 Å². The van der Waals surface area contributed by atoms with Crippen LogP contribution in [0.25, 0.3) is 0 Å². The second-order valence-electron chi connectivity index (χ2n) is 4.77. The average molecular weight is 182 g/mol. The Balaban J connectivity index is 2.26. The summed E-state index contributed by atoms with van der Waals surface area (Å²) in [7, 11) is 0. The van der Waals surface area contributed by atoms with Crippen LogP contribution in [0.3, 0.4) is 0 Å². The van der Waals surface area contributed by atoms with Gasteiger partial charge in [0.05, 0.1) is 6.42 Å². The van der Waals surface area contributed by atoms with E-state index >= 15 is 0 Å². The maximum Gasteiger partial charge on any atom is 0.306 e. The van der Waals surface area contributed by atoms with Gasteiger partial charge in [-0.05, 0) is 6.42 Å². The van der Waals surface area contributed by atoms with Crippen LogP contribution in [0, 0.1) is 17.3 Å². The maximum atomic E-state index is 11.1. The van der Waals surface area contributed by atoms with Gasteiger partial charge in [-0.2, -0.15) is 0 Å². The Labute approximate surface area is 77.4 Å². The third kappa shape index (κ3) is 1.18. The molecule has 0 spiro atoms. The van der Waals surface area contributed by atoms with E-state index in [9.17, 15) is 9.59 Å². The Morgan fingerprint density at radius 2 is 2.23 bits per heavy atom. The van der Waals surface area contributed by atoms with Gasteiger partial charge >= 0.3 is 5.97 Å². The van der Waals surface area contributed by atoms with Crippen molar-refractivity contribution in [2.75, 3.05) is 0 Å². The van der Waals surface area contributed by atoms with Crippen molar-refractivity contribution in [2.45, 2.75) is 32.8 Å². The summed E-state index contributed by atoms with van der Waals surface area (Å²) < 4.78 is 5.23. The van der Waals surface area contributed by atoms with Crippen LogP contribution in [-0.4, -0.2) is 18.4 Å². The van der Waals surface area contributed by atoms with Crippen LogP contribution in [0.1, 0.15) is 26.7 Å². The lowest BCUT2D eigenvalue weighted by Gasteiger charge is -2.24. The Kier molecular flexibility index (Phi) is 1.72. The van der Waals surface area contributed by atoms with E-state index in [2.05, 4.69) is 13.8 Å². The Hall–Kier alpha value is -0.860. The summed E-state index contributed by atoms with van der Waals surface area (Å²) >= 11 is 0. The van der Waals surface area contributed by atoms with Crippen LogP contribution in [-0.2, 0) is 14.3 Å². The molecule has 0 N–H and O–H groups in total. The zero-order valence-electron chi connectivity index (χ0n) is 7.95. The maximum absolute atomic E-state index is 11.1. The molecule has 1 aliphatic heterocycles. The monoisotopic (exact) mass is 182 g/mol. The smallest absolute Gasteiger partial charge is 0.306 e. The van der Waals surface area contributed by atoms with E-state index in [0.29, 0.717) is 6.42 Å². The molecule has 1 heterocycles. The van der Waals surface area contributed by atoms with E-state index in [1.54, 1.807) is 0 Å². The van der Waals surface area contributed by atoms with Crippen LogP contribution >= 0.6 is 0 Å². The first kappa shape index (κ1) is 8.73. The summed E-state index contributed by atoms with van der Waals surface area (Å²) in [4.78, 5) is 21.8. The van der Waals surface area contributed by atoms with Crippen molar-refractivity contribution in [1.29, 1.82) is 0 Å². The predicted octanol–water partition coefficient (Wildman–Crippen LogP) is 1.16. The number of carbonyl (C=O) groups is 2. The van der Waals surface area contributed by atoms with Gasteiger partial charge in [0, 0.05) is 17.3 Å². The average Bonchev–Trinajstić information content (AvgIpc) is 2.51. The van der Waals surface area contributed by atoms with Gasteiger partial charge in [0.25, 0.3) is 0 Å². The lowest BCUT2D eigenvalue weighted by atomic mass is 9.88. The van der Waals surface area contributed by atoms with Crippen molar-refractivity contribution < 1.29 is 14.3 Å². The number of hydrogen-bond donors (Lipinski definition) is 0. The molecule has 1 aliphatic carbocycles. The molecule has 0 aromatic rings. The van der Waals surface area contributed by atoms with Crippen LogP contribution in [0.4, 0.5) is 0 Å². The predicted molar refractivity (Wildman–Crippen MR) is 45.9 cm³/mol. The van der Waals surface area contributed by atoms with Crippen molar-refractivity contribution in [1.82, 2.24) is 0 Å². The molecule has 1 saturated heterocycles. The Morgan fingerprint density at radius 1 is 1.54 bits per heavy atom. The van der Waals surface area contributed by atoms with Crippen molar-refractivity contribution in [3.63, 3.8) is 0 Å². The van der Waals surface area contributed by atoms with Crippen molar-refractivity contribution in [2.24, 2.45) is 17.3 Å². The first-order chi connectivity index (χ1) is 6.04. The normalized spacial score (nSPS) is 41.4. The summed E-state index contributed by atoms with van der Waals surface area (Å²) in [5.74, 6) is 0.0149. The van der Waals surface area contributed by atoms with E-state index in [-0.39, 0.29) is 29.3 Å². The number of ether oxygens (including phenoxy) is 1. The van der Waals surface area contributed by atoms with Gasteiger partial charge in [-0.3, -0.25) is 4.79 Å². The van der Waals surface area contributed by atoms with Gasteiger partial charge in [0.1, 0.15) is 12.4 Å². The third-order valence-corrected chi connectivity index (χ3v) is 3.31. The molecule has 3 nitrogen and oxygen atoms in total. The molecule has 2 rings (SSSR count). The molecule has 0 amide bonds. The van der Waals surface area contributed by atoms with E-state index in [1.807, 2.05) is 0 Å². The molecule has 13 heavy (non-hydrogen) atoms. The molecule has 2 fully saturated rings. The highest BCUT2D eigenvalue weighted by atomic mass is 16.6. The van der Waals surface area contributed by atoms with Crippen LogP contribution in [0.15, 0.2) is 0 Å². The number of carbonyl (C=O) groups excluding carboxylic acids is 2. The third-order valence-electron chi connectivity index (χ3n) is 3.31. The minimum Gasteiger partial charge on any atom is -0.461 e. The quantitative estimate of drug-likeness (QED) is 0.451. The molecule has 3 heteroatoms. The minimum absolute atomic E-state index is 0.0199. The summed E-state index contributed by atoms with van der Waals surface area (Å²) in [6.45, 7) is 4.12. The van der Waals surface area contributed by atoms with Crippen LogP contribution in [0.2, 0.25) is 0 Å².